The van der Waals surface area contributed by atoms with Gasteiger partial charge in [0.25, 0.3) is 5.91 Å². The van der Waals surface area contributed by atoms with Gasteiger partial charge >= 0.3 is 10.3 Å². The van der Waals surface area contributed by atoms with E-state index in [0.29, 0.717) is 15.5 Å². The van der Waals surface area contributed by atoms with Gasteiger partial charge in [-0.3, -0.25) is 14.6 Å². The Bertz CT molecular complexity index is 1070. The molecular formula is C18H15ClN2O5S2. The molecule has 1 unspecified atom stereocenters. The van der Waals surface area contributed by atoms with Crippen molar-refractivity contribution in [2.75, 3.05) is 4.31 Å². The van der Waals surface area contributed by atoms with E-state index in [4.69, 9.17) is 16.8 Å². The van der Waals surface area contributed by atoms with E-state index < -0.39 is 22.1 Å². The number of nitrogens with zero attached hydrogens (tertiary/aromatic N) is 1. The summed E-state index contributed by atoms with van der Waals surface area (Å²) in [6.45, 7) is 0. The lowest BCUT2D eigenvalue weighted by atomic mass is 9.90. The SMILES string of the molecule is O=C(NO)C(c1ccccc1)c1ccc(N(c2ccc(Cl)s2)S(=O)(=O)O)cc1. The lowest BCUT2D eigenvalue weighted by molar-refractivity contribution is -0.129. The molecule has 7 nitrogen and oxygen atoms in total. The minimum Gasteiger partial charge on any atom is -0.289 e. The minimum absolute atomic E-state index is 0.168. The molecule has 0 spiro atoms. The van der Waals surface area contributed by atoms with Crippen LogP contribution in [0.25, 0.3) is 0 Å². The molecule has 0 aliphatic rings. The number of halogens is 1. The summed E-state index contributed by atoms with van der Waals surface area (Å²) in [5.74, 6) is -1.42. The molecule has 0 radical (unpaired) electrons. The van der Waals surface area contributed by atoms with Crippen molar-refractivity contribution in [1.29, 1.82) is 0 Å². The molecule has 146 valence electrons. The summed E-state index contributed by atoms with van der Waals surface area (Å²) in [6, 6.07) is 17.8. The maximum Gasteiger partial charge on any atom is 0.365 e. The van der Waals surface area contributed by atoms with Gasteiger partial charge in [-0.25, -0.2) is 9.79 Å². The summed E-state index contributed by atoms with van der Waals surface area (Å²) in [6.07, 6.45) is 0. The van der Waals surface area contributed by atoms with E-state index >= 15 is 0 Å². The Balaban J connectivity index is 2.02. The monoisotopic (exact) mass is 438 g/mol. The van der Waals surface area contributed by atoms with Gasteiger partial charge in [0.1, 0.15) is 5.00 Å². The summed E-state index contributed by atoms with van der Waals surface area (Å²) < 4.78 is 34.5. The number of thiophene rings is 1. The second-order valence-electron chi connectivity index (χ2n) is 5.73. The number of nitrogens with one attached hydrogen (secondary N) is 1. The summed E-state index contributed by atoms with van der Waals surface area (Å²) >= 11 is 6.86. The molecule has 0 saturated heterocycles. The van der Waals surface area contributed by atoms with Crippen molar-refractivity contribution in [1.82, 2.24) is 5.48 Å². The Labute approximate surface area is 170 Å². The fraction of sp³-hybridized carbons (Fsp3) is 0.0556. The number of rotatable bonds is 6. The highest BCUT2D eigenvalue weighted by Crippen LogP contribution is 2.37. The third-order valence-corrected chi connectivity index (χ3v) is 6.16. The van der Waals surface area contributed by atoms with Gasteiger partial charge in [-0.1, -0.05) is 54.1 Å². The van der Waals surface area contributed by atoms with Crippen molar-refractivity contribution in [3.05, 3.63) is 82.2 Å². The molecule has 10 heteroatoms. The Morgan fingerprint density at radius 3 is 2.11 bits per heavy atom. The van der Waals surface area contributed by atoms with Crippen molar-refractivity contribution in [2.45, 2.75) is 5.92 Å². The fourth-order valence-corrected chi connectivity index (χ4v) is 4.83. The van der Waals surface area contributed by atoms with E-state index in [1.807, 2.05) is 0 Å². The molecule has 2 aromatic carbocycles. The van der Waals surface area contributed by atoms with E-state index in [1.54, 1.807) is 47.9 Å². The second-order valence-corrected chi connectivity index (χ2v) is 8.69. The van der Waals surface area contributed by atoms with Crippen LogP contribution in [0.3, 0.4) is 0 Å². The van der Waals surface area contributed by atoms with Gasteiger partial charge in [0, 0.05) is 0 Å². The minimum atomic E-state index is -4.60. The lowest BCUT2D eigenvalue weighted by Crippen LogP contribution is -2.27. The van der Waals surface area contributed by atoms with Crippen LogP contribution in [-0.2, 0) is 15.1 Å². The number of hydrogen-bond acceptors (Lipinski definition) is 5. The largest absolute Gasteiger partial charge is 0.365 e. The molecule has 0 saturated carbocycles. The van der Waals surface area contributed by atoms with Gasteiger partial charge in [-0.15, -0.1) is 11.3 Å². The predicted octanol–water partition coefficient (Wildman–Crippen LogP) is 3.98. The molecule has 1 atom stereocenters. The molecule has 3 aromatic rings. The number of carbonyl (C=O) groups excluding carboxylic acids is 1. The van der Waals surface area contributed by atoms with Crippen molar-refractivity contribution in [3.63, 3.8) is 0 Å². The van der Waals surface area contributed by atoms with Crippen LogP contribution < -0.4 is 9.79 Å². The topological polar surface area (TPSA) is 107 Å². The first-order valence-corrected chi connectivity index (χ1v) is 10.5. The van der Waals surface area contributed by atoms with E-state index in [-0.39, 0.29) is 10.7 Å². The predicted molar refractivity (Wildman–Crippen MR) is 108 cm³/mol. The van der Waals surface area contributed by atoms with Crippen LogP contribution >= 0.6 is 22.9 Å². The quantitative estimate of drug-likeness (QED) is 0.306. The van der Waals surface area contributed by atoms with Crippen molar-refractivity contribution in [2.24, 2.45) is 0 Å². The van der Waals surface area contributed by atoms with Crippen LogP contribution in [0.5, 0.6) is 0 Å². The highest BCUT2D eigenvalue weighted by atomic mass is 35.5. The fourth-order valence-electron chi connectivity index (χ4n) is 2.80. The molecular weight excluding hydrogens is 424 g/mol. The Morgan fingerprint density at radius 2 is 1.61 bits per heavy atom. The normalized spacial score (nSPS) is 12.4. The maximum atomic E-state index is 12.2. The Kier molecular flexibility index (Phi) is 6.01. The van der Waals surface area contributed by atoms with Crippen LogP contribution in [0.15, 0.2) is 66.7 Å². The maximum absolute atomic E-state index is 12.2. The number of hydrogen-bond donors (Lipinski definition) is 3. The van der Waals surface area contributed by atoms with Gasteiger partial charge in [0.2, 0.25) is 0 Å². The van der Waals surface area contributed by atoms with Crippen LogP contribution in [0, 0.1) is 0 Å². The molecule has 3 rings (SSSR count). The molecule has 1 aromatic heterocycles. The first-order valence-electron chi connectivity index (χ1n) is 7.93. The third-order valence-electron chi connectivity index (χ3n) is 3.96. The van der Waals surface area contributed by atoms with Crippen LogP contribution in [0.1, 0.15) is 17.0 Å². The first kappa shape index (κ1) is 20.3. The molecule has 1 amide bonds. The van der Waals surface area contributed by atoms with E-state index in [9.17, 15) is 17.8 Å². The molecule has 1 heterocycles. The zero-order chi connectivity index (χ0) is 20.3. The van der Waals surface area contributed by atoms with Gasteiger partial charge in [-0.2, -0.15) is 8.42 Å². The lowest BCUT2D eigenvalue weighted by Gasteiger charge is -2.21. The highest BCUT2D eigenvalue weighted by molar-refractivity contribution is 7.87. The van der Waals surface area contributed by atoms with Crippen LogP contribution in [-0.4, -0.2) is 24.1 Å². The van der Waals surface area contributed by atoms with Gasteiger partial charge < -0.3 is 0 Å². The van der Waals surface area contributed by atoms with Crippen LogP contribution in [0.2, 0.25) is 4.34 Å². The van der Waals surface area contributed by atoms with Crippen molar-refractivity contribution in [3.8, 4) is 0 Å². The van der Waals surface area contributed by atoms with E-state index in [0.717, 1.165) is 15.6 Å². The average Bonchev–Trinajstić information content (AvgIpc) is 3.08. The van der Waals surface area contributed by atoms with Gasteiger partial charge in [0.05, 0.1) is 15.9 Å². The zero-order valence-electron chi connectivity index (χ0n) is 14.2. The molecule has 0 aliphatic heterocycles. The molecule has 3 N–H and O–H groups in total. The van der Waals surface area contributed by atoms with Crippen LogP contribution in [0.4, 0.5) is 10.7 Å². The first-order chi connectivity index (χ1) is 13.3. The summed E-state index contributed by atoms with van der Waals surface area (Å²) in [5, 5.41) is 9.31. The van der Waals surface area contributed by atoms with E-state index in [1.165, 1.54) is 24.3 Å². The number of benzene rings is 2. The standard InChI is InChI=1S/C18H15ClN2O5S2/c19-15-10-11-16(27-15)21(28(24,25)26)14-8-6-13(7-9-14)17(18(22)20-23)12-4-2-1-3-5-12/h1-11,17,23H,(H,20,22)(H,24,25,26). The summed E-state index contributed by atoms with van der Waals surface area (Å²) in [7, 11) is -4.60. The smallest absolute Gasteiger partial charge is 0.289 e. The number of hydroxylamine groups is 1. The Morgan fingerprint density at radius 1 is 1.00 bits per heavy atom. The number of carbonyl (C=O) groups is 1. The van der Waals surface area contributed by atoms with Crippen molar-refractivity contribution >= 4 is 49.8 Å². The second kappa shape index (κ2) is 8.29. The van der Waals surface area contributed by atoms with Gasteiger partial charge in [-0.05, 0) is 35.4 Å². The van der Waals surface area contributed by atoms with Crippen molar-refractivity contribution < 1.29 is 23.0 Å². The molecule has 0 fully saturated rings. The van der Waals surface area contributed by atoms with E-state index in [2.05, 4.69) is 0 Å². The number of amides is 1. The average molecular weight is 439 g/mol. The third kappa shape index (κ3) is 4.34. The van der Waals surface area contributed by atoms with Gasteiger partial charge in [0.15, 0.2) is 0 Å². The summed E-state index contributed by atoms with van der Waals surface area (Å²) in [5.41, 5.74) is 3.00. The highest BCUT2D eigenvalue weighted by Gasteiger charge is 2.26. The number of anilines is 2. The summed E-state index contributed by atoms with van der Waals surface area (Å²) in [4.78, 5) is 12.2. The molecule has 28 heavy (non-hydrogen) atoms. The Hall–Kier alpha value is -2.43. The molecule has 0 bridgehead atoms. The molecule has 0 aliphatic carbocycles. The zero-order valence-corrected chi connectivity index (χ0v) is 16.6.